The number of aromatic hydroxyl groups is 2. The van der Waals surface area contributed by atoms with Crippen LogP contribution in [0.3, 0.4) is 0 Å². The molecule has 0 radical (unpaired) electrons. The summed E-state index contributed by atoms with van der Waals surface area (Å²) >= 11 is 0. The second kappa shape index (κ2) is 12.4. The number of Topliss-reactive ketones (excluding diaryl/α,β-unsaturated/α-hetero) is 1. The Morgan fingerprint density at radius 2 is 1.83 bits per heavy atom. The van der Waals surface area contributed by atoms with Crippen molar-refractivity contribution in [2.24, 2.45) is 11.7 Å². The number of hydrogen-bond donors (Lipinski definition) is 6. The minimum atomic E-state index is -2.07. The lowest BCUT2D eigenvalue weighted by molar-refractivity contribution is -0.249. The summed E-state index contributed by atoms with van der Waals surface area (Å²) in [5, 5.41) is 48.2. The number of methoxy groups -OCH3 is 1. The lowest BCUT2D eigenvalue weighted by atomic mass is 9.72. The van der Waals surface area contributed by atoms with E-state index < -0.39 is 101 Å². The number of hydrogen-bond acceptors (Lipinski definition) is 12. The number of ether oxygens (including phenoxy) is 3. The van der Waals surface area contributed by atoms with E-state index in [1.54, 1.807) is 6.92 Å². The predicted octanol–water partition coefficient (Wildman–Crippen LogP) is 1.56. The molecule has 2 aromatic carbocycles. The maximum absolute atomic E-state index is 13.8. The average Bonchev–Trinajstić information content (AvgIpc) is 3.02. The van der Waals surface area contributed by atoms with Crippen LogP contribution in [-0.4, -0.2) is 87.0 Å². The fourth-order valence-electron chi connectivity index (χ4n) is 6.56. The Kier molecular flexibility index (Phi) is 9.01. The molecule has 0 unspecified atom stereocenters. The largest absolute Gasteiger partial charge is 0.507 e. The lowest BCUT2D eigenvalue weighted by Gasteiger charge is -2.43. The molecule has 1 heterocycles. The number of carbonyl (C=O) groups excluding carboxylic acids is 4. The number of phenols is 2. The van der Waals surface area contributed by atoms with Crippen LogP contribution in [-0.2, 0) is 25.5 Å². The molecule has 2 aliphatic carbocycles. The molecular weight excluding hydrogens is 600 g/mol. The van der Waals surface area contributed by atoms with E-state index in [-0.39, 0.29) is 40.3 Å². The van der Waals surface area contributed by atoms with E-state index in [0.29, 0.717) is 6.42 Å². The number of benzene rings is 2. The van der Waals surface area contributed by atoms with Crippen molar-refractivity contribution in [1.29, 1.82) is 0 Å². The summed E-state index contributed by atoms with van der Waals surface area (Å²) in [5.74, 6) is -3.97. The van der Waals surface area contributed by atoms with Crippen LogP contribution in [0, 0.1) is 5.92 Å². The first-order chi connectivity index (χ1) is 21.6. The Labute approximate surface area is 265 Å². The third kappa shape index (κ3) is 5.45. The summed E-state index contributed by atoms with van der Waals surface area (Å²) in [5.41, 5.74) is 2.75. The average molecular weight is 641 g/mol. The molecular formula is C33H40N2O11. The molecule has 248 valence electrons. The first-order valence-corrected chi connectivity index (χ1v) is 15.3. The van der Waals surface area contributed by atoms with Crippen LogP contribution in [0.4, 0.5) is 0 Å². The van der Waals surface area contributed by atoms with Crippen LogP contribution >= 0.6 is 0 Å². The van der Waals surface area contributed by atoms with Crippen LogP contribution in [0.15, 0.2) is 18.2 Å². The predicted molar refractivity (Wildman–Crippen MR) is 162 cm³/mol. The van der Waals surface area contributed by atoms with Gasteiger partial charge in [-0.15, -0.1) is 0 Å². The number of rotatable bonds is 8. The van der Waals surface area contributed by atoms with Gasteiger partial charge in [0.15, 0.2) is 17.9 Å². The minimum absolute atomic E-state index is 0.0405. The monoisotopic (exact) mass is 640 g/mol. The normalized spacial score (nSPS) is 28.4. The van der Waals surface area contributed by atoms with E-state index in [9.17, 15) is 39.6 Å². The van der Waals surface area contributed by atoms with Crippen molar-refractivity contribution in [3.63, 3.8) is 0 Å². The number of carbonyl (C=O) groups is 4. The van der Waals surface area contributed by atoms with Gasteiger partial charge in [0.05, 0.1) is 48.1 Å². The maximum Gasteiger partial charge on any atom is 0.237 e. The first-order valence-electron chi connectivity index (χ1n) is 15.3. The molecule has 0 bridgehead atoms. The molecule has 0 spiro atoms. The molecule has 2 aromatic rings. The Morgan fingerprint density at radius 3 is 2.46 bits per heavy atom. The fraction of sp³-hybridized carbons (Fsp3) is 0.515. The number of nitrogens with one attached hydrogen (secondary N) is 1. The number of phenolic OH excluding ortho intramolecular Hbond substituents is 2. The van der Waals surface area contributed by atoms with Gasteiger partial charge in [-0.1, -0.05) is 32.4 Å². The highest BCUT2D eigenvalue weighted by Gasteiger charge is 2.49. The summed E-state index contributed by atoms with van der Waals surface area (Å²) in [7, 11) is 1.33. The smallest absolute Gasteiger partial charge is 0.237 e. The molecule has 13 heteroatoms. The molecule has 3 aliphatic rings. The van der Waals surface area contributed by atoms with Gasteiger partial charge in [-0.3, -0.25) is 19.2 Å². The number of aliphatic hydroxyl groups is 2. The zero-order valence-corrected chi connectivity index (χ0v) is 26.3. The molecule has 0 aromatic heterocycles. The van der Waals surface area contributed by atoms with Crippen LogP contribution in [0.25, 0.3) is 0 Å². The highest BCUT2D eigenvalue weighted by atomic mass is 16.7. The van der Waals surface area contributed by atoms with Crippen molar-refractivity contribution in [2.45, 2.75) is 95.7 Å². The zero-order valence-electron chi connectivity index (χ0n) is 26.3. The van der Waals surface area contributed by atoms with Gasteiger partial charge in [0.1, 0.15) is 29.0 Å². The Balaban J connectivity index is 1.56. The second-order valence-corrected chi connectivity index (χ2v) is 12.5. The summed E-state index contributed by atoms with van der Waals surface area (Å²) in [6, 6.07) is 2.73. The number of fused-ring (bicyclic) bond motifs is 3. The third-order valence-corrected chi connectivity index (χ3v) is 9.64. The molecule has 0 saturated carbocycles. The van der Waals surface area contributed by atoms with Gasteiger partial charge in [0, 0.05) is 36.0 Å². The van der Waals surface area contributed by atoms with E-state index in [2.05, 4.69) is 5.32 Å². The fourth-order valence-corrected chi connectivity index (χ4v) is 6.56. The summed E-state index contributed by atoms with van der Waals surface area (Å²) in [6.07, 6.45) is -4.71. The molecule has 7 N–H and O–H groups in total. The van der Waals surface area contributed by atoms with Gasteiger partial charge < -0.3 is 45.7 Å². The first kappa shape index (κ1) is 33.5. The quantitative estimate of drug-likeness (QED) is 0.194. The number of nitrogens with two attached hydrogens (primary N) is 1. The van der Waals surface area contributed by atoms with Crippen molar-refractivity contribution >= 4 is 23.3 Å². The van der Waals surface area contributed by atoms with Crippen LogP contribution in [0.5, 0.6) is 17.2 Å². The standard InChI is InChI=1S/C33H40N2O11/c1-6-13(2)26(34)32(42)35-18-10-21(45-14(3)27(18)37)46-20-12-33(43,15(4)36)11-17-23(20)31(41)25-24(29(17)39)28(38)16-8-7-9-19(44-5)22(16)30(25)40/h7-9,13-14,18,20-21,26-27,37,39,41,43H,6,10-12,34H2,1-5H3,(H,35,42)/t13-,14-,18-,20-,21-,26-,27+,33-/m0/s1. The topological polar surface area (TPSA) is 215 Å². The van der Waals surface area contributed by atoms with Crippen molar-refractivity contribution in [1.82, 2.24) is 5.32 Å². The van der Waals surface area contributed by atoms with E-state index in [1.165, 1.54) is 25.3 Å². The van der Waals surface area contributed by atoms with E-state index in [4.69, 9.17) is 19.9 Å². The second-order valence-electron chi connectivity index (χ2n) is 12.5. The van der Waals surface area contributed by atoms with Crippen molar-refractivity contribution < 1.29 is 53.8 Å². The minimum Gasteiger partial charge on any atom is -0.507 e. The van der Waals surface area contributed by atoms with Crippen LogP contribution < -0.4 is 15.8 Å². The number of amides is 1. The molecule has 46 heavy (non-hydrogen) atoms. The van der Waals surface area contributed by atoms with Crippen molar-refractivity contribution in [3.05, 3.63) is 51.6 Å². The zero-order chi connectivity index (χ0) is 33.8. The van der Waals surface area contributed by atoms with Crippen LogP contribution in [0.2, 0.25) is 0 Å². The summed E-state index contributed by atoms with van der Waals surface area (Å²) in [6.45, 7) is 6.48. The maximum atomic E-state index is 13.8. The SMILES string of the molecule is CC[C@H](C)[C@H](N)C(=O)N[C@H]1C[C@H](O[C@H]2C[C@](O)(C(C)=O)Cc3c(O)c4c(c(O)c32)C(=O)c2c(OC)cccc2C4=O)O[C@@H](C)[C@H]1O. The molecule has 8 atom stereocenters. The lowest BCUT2D eigenvalue weighted by Crippen LogP contribution is -2.58. The Morgan fingerprint density at radius 1 is 1.15 bits per heavy atom. The van der Waals surface area contributed by atoms with Crippen molar-refractivity contribution in [3.8, 4) is 17.2 Å². The summed E-state index contributed by atoms with van der Waals surface area (Å²) < 4.78 is 17.4. The summed E-state index contributed by atoms with van der Waals surface area (Å²) in [4.78, 5) is 53.0. The van der Waals surface area contributed by atoms with E-state index in [1.807, 2.05) is 13.8 Å². The van der Waals surface area contributed by atoms with E-state index in [0.717, 1.165) is 6.92 Å². The molecule has 13 nitrogen and oxygen atoms in total. The Bertz CT molecular complexity index is 1610. The number of aliphatic hydroxyl groups excluding tert-OH is 1. The van der Waals surface area contributed by atoms with Gasteiger partial charge in [-0.2, -0.15) is 0 Å². The highest BCUT2D eigenvalue weighted by molar-refractivity contribution is 6.31. The van der Waals surface area contributed by atoms with Gasteiger partial charge in [0.2, 0.25) is 11.7 Å². The van der Waals surface area contributed by atoms with Gasteiger partial charge in [-0.05, 0) is 25.8 Å². The number of ketones is 3. The molecule has 1 amide bonds. The third-order valence-electron chi connectivity index (χ3n) is 9.64. The Hall–Kier alpha value is -3.88. The molecule has 1 aliphatic heterocycles. The van der Waals surface area contributed by atoms with E-state index >= 15 is 0 Å². The molecule has 1 fully saturated rings. The van der Waals surface area contributed by atoms with Crippen molar-refractivity contribution in [2.75, 3.05) is 7.11 Å². The molecule has 5 rings (SSSR count). The van der Waals surface area contributed by atoms with Gasteiger partial charge in [0.25, 0.3) is 0 Å². The molecule has 1 saturated heterocycles. The van der Waals surface area contributed by atoms with Crippen LogP contribution in [0.1, 0.15) is 96.0 Å². The van der Waals surface area contributed by atoms with Gasteiger partial charge in [-0.25, -0.2) is 0 Å². The highest BCUT2D eigenvalue weighted by Crippen LogP contribution is 2.52. The van der Waals surface area contributed by atoms with Gasteiger partial charge >= 0.3 is 0 Å².